The van der Waals surface area contributed by atoms with Crippen molar-refractivity contribution in [2.75, 3.05) is 16.8 Å². The summed E-state index contributed by atoms with van der Waals surface area (Å²) in [6.07, 6.45) is 4.81. The van der Waals surface area contributed by atoms with Crippen LogP contribution in [-0.2, 0) is 19.2 Å². The molecule has 4 amide bonds. The second kappa shape index (κ2) is 7.04. The monoisotopic (exact) mass is 383 g/mol. The van der Waals surface area contributed by atoms with E-state index in [9.17, 15) is 19.2 Å². The summed E-state index contributed by atoms with van der Waals surface area (Å²) in [5.41, 5.74) is 0.556. The van der Waals surface area contributed by atoms with Gasteiger partial charge in [0.15, 0.2) is 0 Å². The molecular formula is C21H25N3O4. The molecule has 0 bridgehead atoms. The first-order chi connectivity index (χ1) is 13.4. The lowest BCUT2D eigenvalue weighted by atomic mass is 9.73. The Kier molecular flexibility index (Phi) is 4.69. The Morgan fingerprint density at radius 3 is 2.61 bits per heavy atom. The smallest absolute Gasteiger partial charge is 0.247 e. The van der Waals surface area contributed by atoms with Crippen LogP contribution in [-0.4, -0.2) is 41.1 Å². The van der Waals surface area contributed by atoms with Crippen molar-refractivity contribution in [2.24, 2.45) is 5.41 Å². The molecule has 2 aliphatic heterocycles. The van der Waals surface area contributed by atoms with Crippen LogP contribution >= 0.6 is 0 Å². The number of imide groups is 1. The Labute approximate surface area is 164 Å². The van der Waals surface area contributed by atoms with Crippen LogP contribution in [0.15, 0.2) is 24.3 Å². The first kappa shape index (κ1) is 18.7. The molecule has 1 saturated carbocycles. The van der Waals surface area contributed by atoms with Gasteiger partial charge in [-0.05, 0) is 31.9 Å². The molecule has 0 radical (unpaired) electrons. The van der Waals surface area contributed by atoms with E-state index in [2.05, 4.69) is 5.32 Å². The zero-order valence-corrected chi connectivity index (χ0v) is 16.1. The van der Waals surface area contributed by atoms with Gasteiger partial charge in [-0.3, -0.25) is 24.1 Å². The fourth-order valence-corrected chi connectivity index (χ4v) is 4.82. The van der Waals surface area contributed by atoms with Crippen molar-refractivity contribution in [1.29, 1.82) is 0 Å². The second-order valence-electron chi connectivity index (χ2n) is 8.19. The summed E-state index contributed by atoms with van der Waals surface area (Å²) in [5, 5.41) is 2.82. The molecule has 28 heavy (non-hydrogen) atoms. The first-order valence-corrected chi connectivity index (χ1v) is 9.97. The maximum atomic E-state index is 13.2. The molecule has 1 N–H and O–H groups in total. The van der Waals surface area contributed by atoms with Gasteiger partial charge in [0.2, 0.25) is 23.6 Å². The van der Waals surface area contributed by atoms with Crippen LogP contribution in [0.5, 0.6) is 0 Å². The average molecular weight is 383 g/mol. The van der Waals surface area contributed by atoms with E-state index in [0.717, 1.165) is 37.0 Å². The number of para-hydroxylation sites is 2. The molecule has 2 heterocycles. The highest BCUT2D eigenvalue weighted by atomic mass is 16.2. The van der Waals surface area contributed by atoms with Crippen molar-refractivity contribution in [3.63, 3.8) is 0 Å². The van der Waals surface area contributed by atoms with Crippen molar-refractivity contribution in [3.05, 3.63) is 24.3 Å². The Morgan fingerprint density at radius 2 is 1.86 bits per heavy atom. The number of carbonyl (C=O) groups is 4. The van der Waals surface area contributed by atoms with E-state index in [1.165, 1.54) is 0 Å². The van der Waals surface area contributed by atoms with E-state index >= 15 is 0 Å². The minimum absolute atomic E-state index is 0.159. The molecule has 1 atom stereocenters. The standard InChI is InChI=1S/C21H25N3O4/c1-14-11-17(25)22-15-7-3-4-8-16(15)24(14)19(27)13-23-18(26)12-21(20(23)28)9-5-2-6-10-21/h3-4,7-8,14H,2,5-6,9-13H2,1H3,(H,22,25). The highest BCUT2D eigenvalue weighted by Gasteiger charge is 2.52. The van der Waals surface area contributed by atoms with Crippen molar-refractivity contribution in [1.82, 2.24) is 4.90 Å². The number of likely N-dealkylation sites (tertiary alicyclic amines) is 1. The number of hydrogen-bond donors (Lipinski definition) is 1. The number of fused-ring (bicyclic) bond motifs is 1. The van der Waals surface area contributed by atoms with Gasteiger partial charge < -0.3 is 10.2 Å². The number of nitrogens with zero attached hydrogens (tertiary/aromatic N) is 2. The molecule has 1 spiro atoms. The van der Waals surface area contributed by atoms with Crippen LogP contribution in [0.1, 0.15) is 51.9 Å². The minimum atomic E-state index is -0.602. The molecular weight excluding hydrogens is 358 g/mol. The predicted molar refractivity (Wildman–Crippen MR) is 103 cm³/mol. The van der Waals surface area contributed by atoms with E-state index in [1.807, 2.05) is 0 Å². The quantitative estimate of drug-likeness (QED) is 0.795. The summed E-state index contributed by atoms with van der Waals surface area (Å²) in [7, 11) is 0. The third kappa shape index (κ3) is 3.08. The van der Waals surface area contributed by atoms with Crippen LogP contribution in [0, 0.1) is 5.41 Å². The molecule has 7 nitrogen and oxygen atoms in total. The summed E-state index contributed by atoms with van der Waals surface area (Å²) < 4.78 is 0. The van der Waals surface area contributed by atoms with Crippen molar-refractivity contribution in [3.8, 4) is 0 Å². The van der Waals surface area contributed by atoms with Gasteiger partial charge in [0.05, 0.1) is 16.8 Å². The molecule has 1 unspecified atom stereocenters. The van der Waals surface area contributed by atoms with Gasteiger partial charge in [-0.1, -0.05) is 31.4 Å². The Morgan fingerprint density at radius 1 is 1.14 bits per heavy atom. The SMILES string of the molecule is CC1CC(=O)Nc2ccccc2N1C(=O)CN1C(=O)CC2(CCCCC2)C1=O. The van der Waals surface area contributed by atoms with Crippen molar-refractivity contribution in [2.45, 2.75) is 57.9 Å². The van der Waals surface area contributed by atoms with Gasteiger partial charge >= 0.3 is 0 Å². The molecule has 7 heteroatoms. The molecule has 1 aromatic rings. The van der Waals surface area contributed by atoms with Crippen LogP contribution in [0.2, 0.25) is 0 Å². The lowest BCUT2D eigenvalue weighted by Crippen LogP contribution is -2.47. The Hall–Kier alpha value is -2.70. The van der Waals surface area contributed by atoms with E-state index in [1.54, 1.807) is 36.1 Å². The normalized spacial score (nSPS) is 24.2. The Bertz CT molecular complexity index is 844. The lowest BCUT2D eigenvalue weighted by molar-refractivity contribution is -0.145. The van der Waals surface area contributed by atoms with E-state index in [0.29, 0.717) is 11.4 Å². The topological polar surface area (TPSA) is 86.8 Å². The number of rotatable bonds is 2. The predicted octanol–water partition coefficient (Wildman–Crippen LogP) is 2.46. The molecule has 148 valence electrons. The summed E-state index contributed by atoms with van der Waals surface area (Å²) in [6.45, 7) is 1.53. The number of nitrogens with one attached hydrogen (secondary N) is 1. The number of anilines is 2. The molecule has 1 saturated heterocycles. The molecule has 0 aromatic heterocycles. The largest absolute Gasteiger partial charge is 0.324 e. The zero-order valence-electron chi connectivity index (χ0n) is 16.1. The van der Waals surface area contributed by atoms with Gasteiger partial charge in [0.1, 0.15) is 6.54 Å². The van der Waals surface area contributed by atoms with Crippen molar-refractivity contribution < 1.29 is 19.2 Å². The van der Waals surface area contributed by atoms with E-state index < -0.39 is 5.41 Å². The van der Waals surface area contributed by atoms with Crippen molar-refractivity contribution >= 4 is 35.0 Å². The second-order valence-corrected chi connectivity index (χ2v) is 8.19. The molecule has 4 rings (SSSR count). The zero-order chi connectivity index (χ0) is 19.9. The van der Waals surface area contributed by atoms with E-state index in [-0.39, 0.29) is 49.1 Å². The number of amides is 4. The highest BCUT2D eigenvalue weighted by molar-refractivity contribution is 6.11. The summed E-state index contributed by atoms with van der Waals surface area (Å²) in [4.78, 5) is 53.6. The minimum Gasteiger partial charge on any atom is -0.324 e. The summed E-state index contributed by atoms with van der Waals surface area (Å²) in [5.74, 6) is -0.962. The van der Waals surface area contributed by atoms with Gasteiger partial charge in [-0.2, -0.15) is 0 Å². The highest BCUT2D eigenvalue weighted by Crippen LogP contribution is 2.45. The van der Waals surface area contributed by atoms with Gasteiger partial charge in [-0.15, -0.1) is 0 Å². The third-order valence-corrected chi connectivity index (χ3v) is 6.22. The Balaban J connectivity index is 1.59. The molecule has 2 fully saturated rings. The first-order valence-electron chi connectivity index (χ1n) is 9.97. The van der Waals surface area contributed by atoms with Crippen LogP contribution in [0.3, 0.4) is 0 Å². The number of benzene rings is 1. The molecule has 1 aliphatic carbocycles. The lowest BCUT2D eigenvalue weighted by Gasteiger charge is -2.32. The van der Waals surface area contributed by atoms with E-state index in [4.69, 9.17) is 0 Å². The van der Waals surface area contributed by atoms with Gasteiger partial charge in [-0.25, -0.2) is 0 Å². The van der Waals surface area contributed by atoms with Gasteiger partial charge in [0.25, 0.3) is 0 Å². The fourth-order valence-electron chi connectivity index (χ4n) is 4.82. The number of hydrogen-bond acceptors (Lipinski definition) is 4. The third-order valence-electron chi connectivity index (χ3n) is 6.22. The molecule has 1 aromatic carbocycles. The average Bonchev–Trinajstić information content (AvgIpc) is 2.80. The number of carbonyl (C=O) groups excluding carboxylic acids is 4. The van der Waals surface area contributed by atoms with Gasteiger partial charge in [0, 0.05) is 18.9 Å². The van der Waals surface area contributed by atoms with Crippen LogP contribution < -0.4 is 10.2 Å². The van der Waals surface area contributed by atoms with Crippen LogP contribution in [0.4, 0.5) is 11.4 Å². The maximum absolute atomic E-state index is 13.2. The molecule has 3 aliphatic rings. The van der Waals surface area contributed by atoms with Crippen LogP contribution in [0.25, 0.3) is 0 Å². The fraction of sp³-hybridized carbons (Fsp3) is 0.524. The summed E-state index contributed by atoms with van der Waals surface area (Å²) in [6, 6.07) is 6.73. The summed E-state index contributed by atoms with van der Waals surface area (Å²) >= 11 is 0. The maximum Gasteiger partial charge on any atom is 0.247 e.